The van der Waals surface area contributed by atoms with E-state index in [-0.39, 0.29) is 11.8 Å². The highest BCUT2D eigenvalue weighted by Crippen LogP contribution is 2.32. The standard InChI is InChI=1S/C21H21N3O2S3/c1-13-6-7-17-14(8-13)9-19(29-17)21(26)24-23-20(25)16-4-2-3-5-18(16)28-11-15-10-27-12-22-15/h2-5,9-10,12-13H,6-8,11H2,1H3,(H,23,25)(H,24,26). The van der Waals surface area contributed by atoms with Gasteiger partial charge in [0, 0.05) is 20.9 Å². The molecule has 0 aliphatic heterocycles. The molecular formula is C21H21N3O2S3. The Morgan fingerprint density at radius 1 is 1.24 bits per heavy atom. The Kier molecular flexibility index (Phi) is 6.32. The molecule has 1 aliphatic carbocycles. The smallest absolute Gasteiger partial charge is 0.267 e. The Morgan fingerprint density at radius 3 is 2.90 bits per heavy atom. The molecule has 0 spiro atoms. The first-order valence-corrected chi connectivity index (χ1v) is 12.2. The number of carbonyl (C=O) groups excluding carboxylic acids is 2. The number of aryl methyl sites for hydroxylation is 1. The SMILES string of the molecule is CC1CCc2sc(C(=O)NNC(=O)c3ccccc3SCc3cscn3)cc2C1. The summed E-state index contributed by atoms with van der Waals surface area (Å²) in [7, 11) is 0. The molecule has 3 aromatic rings. The third kappa shape index (κ3) is 4.88. The molecule has 1 aromatic carbocycles. The summed E-state index contributed by atoms with van der Waals surface area (Å²) in [6, 6.07) is 9.35. The maximum Gasteiger partial charge on any atom is 0.279 e. The van der Waals surface area contributed by atoms with Gasteiger partial charge in [-0.25, -0.2) is 4.98 Å². The summed E-state index contributed by atoms with van der Waals surface area (Å²) < 4.78 is 0. The molecular weight excluding hydrogens is 422 g/mol. The third-order valence-corrected chi connectivity index (χ3v) is 7.81. The van der Waals surface area contributed by atoms with Crippen molar-refractivity contribution in [2.24, 2.45) is 5.92 Å². The molecule has 0 fully saturated rings. The number of aromatic nitrogens is 1. The Labute approximate surface area is 181 Å². The van der Waals surface area contributed by atoms with Crippen molar-refractivity contribution < 1.29 is 9.59 Å². The van der Waals surface area contributed by atoms with Gasteiger partial charge in [0.25, 0.3) is 11.8 Å². The zero-order valence-corrected chi connectivity index (χ0v) is 18.4. The predicted octanol–water partition coefficient (Wildman–Crippen LogP) is 4.70. The lowest BCUT2D eigenvalue weighted by atomic mass is 9.90. The van der Waals surface area contributed by atoms with E-state index in [1.165, 1.54) is 28.2 Å². The van der Waals surface area contributed by atoms with Crippen molar-refractivity contribution in [2.75, 3.05) is 0 Å². The van der Waals surface area contributed by atoms with Crippen LogP contribution in [0.5, 0.6) is 0 Å². The lowest BCUT2D eigenvalue weighted by Gasteiger charge is -2.16. The zero-order valence-electron chi connectivity index (χ0n) is 15.9. The van der Waals surface area contributed by atoms with E-state index in [4.69, 9.17) is 0 Å². The highest BCUT2D eigenvalue weighted by molar-refractivity contribution is 7.98. The number of hydrazine groups is 1. The van der Waals surface area contributed by atoms with Gasteiger partial charge in [0.05, 0.1) is 21.6 Å². The van der Waals surface area contributed by atoms with E-state index < -0.39 is 0 Å². The number of hydrogen-bond acceptors (Lipinski definition) is 6. The molecule has 5 nitrogen and oxygen atoms in total. The fraction of sp³-hybridized carbons (Fsp3) is 0.286. The zero-order chi connectivity index (χ0) is 20.2. The molecule has 2 N–H and O–H groups in total. The minimum Gasteiger partial charge on any atom is -0.267 e. The van der Waals surface area contributed by atoms with E-state index in [1.54, 1.807) is 34.7 Å². The number of carbonyl (C=O) groups is 2. The van der Waals surface area contributed by atoms with Crippen LogP contribution in [-0.2, 0) is 18.6 Å². The fourth-order valence-corrected chi connectivity index (χ4v) is 6.02. The Bertz CT molecular complexity index is 1010. The molecule has 29 heavy (non-hydrogen) atoms. The Balaban J connectivity index is 1.38. The summed E-state index contributed by atoms with van der Waals surface area (Å²) in [5.74, 6) is 0.762. The molecule has 2 aromatic heterocycles. The summed E-state index contributed by atoms with van der Waals surface area (Å²) in [5.41, 5.74) is 9.72. The summed E-state index contributed by atoms with van der Waals surface area (Å²) in [6.07, 6.45) is 3.22. The molecule has 1 atom stereocenters. The van der Waals surface area contributed by atoms with E-state index in [1.807, 2.05) is 29.6 Å². The normalized spacial score (nSPS) is 15.6. The molecule has 0 bridgehead atoms. The molecule has 2 amide bonds. The van der Waals surface area contributed by atoms with Gasteiger partial charge in [-0.1, -0.05) is 19.1 Å². The van der Waals surface area contributed by atoms with Crippen LogP contribution in [0, 0.1) is 5.92 Å². The van der Waals surface area contributed by atoms with Crippen molar-refractivity contribution in [1.29, 1.82) is 0 Å². The number of rotatable bonds is 5. The predicted molar refractivity (Wildman–Crippen MR) is 119 cm³/mol. The molecule has 8 heteroatoms. The second-order valence-electron chi connectivity index (χ2n) is 7.08. The van der Waals surface area contributed by atoms with Crippen molar-refractivity contribution in [3.05, 3.63) is 67.8 Å². The second-order valence-corrected chi connectivity index (χ2v) is 9.95. The first kappa shape index (κ1) is 20.1. The Hall–Kier alpha value is -2.16. The van der Waals surface area contributed by atoms with E-state index in [0.29, 0.717) is 22.1 Å². The number of hydrogen-bond donors (Lipinski definition) is 2. The maximum absolute atomic E-state index is 12.7. The number of amides is 2. The van der Waals surface area contributed by atoms with Gasteiger partial charge in [-0.3, -0.25) is 20.4 Å². The second kappa shape index (κ2) is 9.11. The van der Waals surface area contributed by atoms with Crippen LogP contribution >= 0.6 is 34.4 Å². The van der Waals surface area contributed by atoms with Crippen LogP contribution in [0.4, 0.5) is 0 Å². The fourth-order valence-electron chi connectivity index (χ4n) is 3.30. The van der Waals surface area contributed by atoms with Crippen LogP contribution in [-0.4, -0.2) is 16.8 Å². The van der Waals surface area contributed by atoms with E-state index in [0.717, 1.165) is 23.4 Å². The third-order valence-electron chi connectivity index (χ3n) is 4.83. The van der Waals surface area contributed by atoms with E-state index in [2.05, 4.69) is 22.8 Å². The topological polar surface area (TPSA) is 71.1 Å². The number of thiazole rings is 1. The van der Waals surface area contributed by atoms with E-state index in [9.17, 15) is 9.59 Å². The number of thiophene rings is 1. The lowest BCUT2D eigenvalue weighted by Crippen LogP contribution is -2.41. The van der Waals surface area contributed by atoms with E-state index >= 15 is 0 Å². The molecule has 1 aliphatic rings. The largest absolute Gasteiger partial charge is 0.279 e. The molecule has 0 saturated heterocycles. The van der Waals surface area contributed by atoms with Gasteiger partial charge < -0.3 is 0 Å². The molecule has 4 rings (SSSR count). The highest BCUT2D eigenvalue weighted by atomic mass is 32.2. The average molecular weight is 444 g/mol. The van der Waals surface area contributed by atoms with Crippen LogP contribution < -0.4 is 10.9 Å². The summed E-state index contributed by atoms with van der Waals surface area (Å²) in [4.78, 5) is 32.2. The summed E-state index contributed by atoms with van der Waals surface area (Å²) in [6.45, 7) is 2.24. The van der Waals surface area contributed by atoms with Gasteiger partial charge in [0.15, 0.2) is 0 Å². The molecule has 2 heterocycles. The number of fused-ring (bicyclic) bond motifs is 1. The average Bonchev–Trinajstić information content (AvgIpc) is 3.39. The van der Waals surface area contributed by atoms with Gasteiger partial charge in [-0.15, -0.1) is 34.4 Å². The molecule has 1 unspecified atom stereocenters. The van der Waals surface area contributed by atoms with Crippen LogP contribution in [0.15, 0.2) is 46.1 Å². The lowest BCUT2D eigenvalue weighted by molar-refractivity contribution is 0.0847. The van der Waals surface area contributed by atoms with Crippen molar-refractivity contribution in [1.82, 2.24) is 15.8 Å². The quantitative estimate of drug-likeness (QED) is 0.443. The van der Waals surface area contributed by atoms with Crippen LogP contribution in [0.1, 0.15) is 49.5 Å². The van der Waals surface area contributed by atoms with Crippen LogP contribution in [0.3, 0.4) is 0 Å². The van der Waals surface area contributed by atoms with Crippen LogP contribution in [0.25, 0.3) is 0 Å². The van der Waals surface area contributed by atoms with Crippen molar-refractivity contribution in [3.63, 3.8) is 0 Å². The van der Waals surface area contributed by atoms with Gasteiger partial charge in [-0.05, 0) is 48.9 Å². The van der Waals surface area contributed by atoms with Crippen molar-refractivity contribution in [3.8, 4) is 0 Å². The first-order chi connectivity index (χ1) is 14.1. The van der Waals surface area contributed by atoms with Gasteiger partial charge in [-0.2, -0.15) is 0 Å². The van der Waals surface area contributed by atoms with Gasteiger partial charge in [0.2, 0.25) is 0 Å². The van der Waals surface area contributed by atoms with Crippen molar-refractivity contribution in [2.45, 2.75) is 36.8 Å². The molecule has 0 saturated carbocycles. The summed E-state index contributed by atoms with van der Waals surface area (Å²) in [5, 5.41) is 2.00. The minimum absolute atomic E-state index is 0.266. The maximum atomic E-state index is 12.7. The molecule has 150 valence electrons. The van der Waals surface area contributed by atoms with Gasteiger partial charge in [0.1, 0.15) is 0 Å². The monoisotopic (exact) mass is 443 g/mol. The minimum atomic E-state index is -0.324. The highest BCUT2D eigenvalue weighted by Gasteiger charge is 2.21. The summed E-state index contributed by atoms with van der Waals surface area (Å²) >= 11 is 4.64. The van der Waals surface area contributed by atoms with Crippen LogP contribution in [0.2, 0.25) is 0 Å². The number of thioether (sulfide) groups is 1. The number of nitrogens with one attached hydrogen (secondary N) is 2. The molecule has 0 radical (unpaired) electrons. The Morgan fingerprint density at radius 2 is 2.07 bits per heavy atom. The number of benzene rings is 1. The van der Waals surface area contributed by atoms with Crippen molar-refractivity contribution >= 4 is 46.2 Å². The number of nitrogens with zero attached hydrogens (tertiary/aromatic N) is 1. The first-order valence-electron chi connectivity index (χ1n) is 9.41. The van der Waals surface area contributed by atoms with Gasteiger partial charge >= 0.3 is 0 Å².